The lowest BCUT2D eigenvalue weighted by atomic mass is 9.95. The van der Waals surface area contributed by atoms with Gasteiger partial charge < -0.3 is 9.55 Å². The first-order valence-corrected chi connectivity index (χ1v) is 8.82. The molecule has 5 nitrogen and oxygen atoms in total. The summed E-state index contributed by atoms with van der Waals surface area (Å²) in [6, 6.07) is 11.7. The van der Waals surface area contributed by atoms with Crippen molar-refractivity contribution in [1.29, 1.82) is 0 Å². The van der Waals surface area contributed by atoms with E-state index in [0.717, 1.165) is 23.0 Å². The van der Waals surface area contributed by atoms with Crippen molar-refractivity contribution in [3.8, 4) is 11.4 Å². The lowest BCUT2D eigenvalue weighted by Gasteiger charge is -2.12. The van der Waals surface area contributed by atoms with Gasteiger partial charge in [0.05, 0.1) is 11.1 Å². The van der Waals surface area contributed by atoms with Crippen LogP contribution >= 0.6 is 0 Å². The average Bonchev–Trinajstić information content (AvgIpc) is 3.27. The molecule has 0 aliphatic heterocycles. The summed E-state index contributed by atoms with van der Waals surface area (Å²) < 4.78 is 41.6. The maximum Gasteiger partial charge on any atom is 0.418 e. The largest absolute Gasteiger partial charge is 0.418 e. The summed E-state index contributed by atoms with van der Waals surface area (Å²) in [5, 5.41) is 8.00. The quantitative estimate of drug-likeness (QED) is 0.553. The van der Waals surface area contributed by atoms with Gasteiger partial charge in [0, 0.05) is 19.0 Å². The van der Waals surface area contributed by atoms with E-state index in [1.807, 2.05) is 35.9 Å². The Morgan fingerprint density at radius 2 is 1.93 bits per heavy atom. The number of nitrogens with zero attached hydrogens (tertiary/aromatic N) is 4. The van der Waals surface area contributed by atoms with E-state index >= 15 is 0 Å². The van der Waals surface area contributed by atoms with Crippen LogP contribution in [0.5, 0.6) is 0 Å². The molecule has 28 heavy (non-hydrogen) atoms. The Hall–Kier alpha value is -3.16. The van der Waals surface area contributed by atoms with Crippen LogP contribution in [0.3, 0.4) is 0 Å². The molecule has 0 fully saturated rings. The molecule has 8 heteroatoms. The highest BCUT2D eigenvalue weighted by atomic mass is 19.4. The van der Waals surface area contributed by atoms with Crippen molar-refractivity contribution in [2.45, 2.75) is 25.4 Å². The van der Waals surface area contributed by atoms with Gasteiger partial charge in [0.2, 0.25) is 0 Å². The Morgan fingerprint density at radius 3 is 2.64 bits per heavy atom. The molecule has 144 valence electrons. The number of nitrogens with one attached hydrogen (secondary N) is 1. The number of para-hydroxylation sites is 1. The van der Waals surface area contributed by atoms with E-state index in [-0.39, 0.29) is 11.4 Å². The fourth-order valence-corrected chi connectivity index (χ4v) is 3.27. The zero-order chi connectivity index (χ0) is 19.9. The standard InChI is InChI=1S/C20H18F3N5/c1-12(9-17-27-24-11-28(17)2)13-5-3-6-14(10-13)19-25-16-8-4-7-15(18(16)26-19)20(21,22)23/h3-8,10-12H,9H2,1-2H3,(H,25,26). The van der Waals surface area contributed by atoms with E-state index in [4.69, 9.17) is 0 Å². The summed E-state index contributed by atoms with van der Waals surface area (Å²) in [6.45, 7) is 2.08. The lowest BCUT2D eigenvalue weighted by Crippen LogP contribution is -2.05. The molecule has 1 unspecified atom stereocenters. The first-order valence-electron chi connectivity index (χ1n) is 8.82. The number of hydrogen-bond donors (Lipinski definition) is 1. The van der Waals surface area contributed by atoms with Crippen LogP contribution in [0, 0.1) is 0 Å². The monoisotopic (exact) mass is 385 g/mol. The second kappa shape index (κ2) is 6.78. The van der Waals surface area contributed by atoms with Crippen molar-refractivity contribution < 1.29 is 13.2 Å². The van der Waals surface area contributed by atoms with Crippen LogP contribution < -0.4 is 0 Å². The first-order chi connectivity index (χ1) is 13.3. The lowest BCUT2D eigenvalue weighted by molar-refractivity contribution is -0.136. The SMILES string of the molecule is CC(Cc1nncn1C)c1cccc(-c2nc3c(C(F)(F)F)cccc3[nH]2)c1. The Kier molecular flexibility index (Phi) is 4.41. The minimum absolute atomic E-state index is 0.0671. The van der Waals surface area contributed by atoms with Crippen LogP contribution in [-0.4, -0.2) is 24.7 Å². The van der Waals surface area contributed by atoms with Crippen LogP contribution in [0.1, 0.15) is 29.8 Å². The van der Waals surface area contributed by atoms with Gasteiger partial charge in [-0.25, -0.2) is 4.98 Å². The molecule has 0 spiro atoms. The van der Waals surface area contributed by atoms with Crippen LogP contribution in [0.15, 0.2) is 48.8 Å². The molecule has 0 amide bonds. The van der Waals surface area contributed by atoms with Gasteiger partial charge in [0.25, 0.3) is 0 Å². The molecular formula is C20H18F3N5. The van der Waals surface area contributed by atoms with Crippen LogP contribution in [-0.2, 0) is 19.6 Å². The average molecular weight is 385 g/mol. The van der Waals surface area contributed by atoms with Crippen molar-refractivity contribution >= 4 is 11.0 Å². The molecule has 0 aliphatic rings. The number of benzene rings is 2. The Balaban J connectivity index is 1.69. The molecule has 0 bridgehead atoms. The Bertz CT molecular complexity index is 1130. The van der Waals surface area contributed by atoms with E-state index in [1.165, 1.54) is 6.07 Å². The molecule has 0 aliphatic carbocycles. The van der Waals surface area contributed by atoms with Gasteiger partial charge in [0.15, 0.2) is 0 Å². The molecular weight excluding hydrogens is 367 g/mol. The second-order valence-electron chi connectivity index (χ2n) is 6.87. The molecule has 2 aromatic heterocycles. The number of aromatic amines is 1. The Labute approximate surface area is 159 Å². The highest BCUT2D eigenvalue weighted by Crippen LogP contribution is 2.35. The fourth-order valence-electron chi connectivity index (χ4n) is 3.27. The topological polar surface area (TPSA) is 59.4 Å². The molecule has 2 aromatic carbocycles. The number of alkyl halides is 3. The fraction of sp³-hybridized carbons (Fsp3) is 0.250. The van der Waals surface area contributed by atoms with Crippen molar-refractivity contribution in [1.82, 2.24) is 24.7 Å². The molecule has 4 aromatic rings. The number of H-pyrrole nitrogens is 1. The number of aromatic nitrogens is 5. The smallest absolute Gasteiger partial charge is 0.338 e. The summed E-state index contributed by atoms with van der Waals surface area (Å²) in [6.07, 6.45) is -2.08. The summed E-state index contributed by atoms with van der Waals surface area (Å²) >= 11 is 0. The predicted molar refractivity (Wildman–Crippen MR) is 99.7 cm³/mol. The predicted octanol–water partition coefficient (Wildman–Crippen LogP) is 4.72. The zero-order valence-corrected chi connectivity index (χ0v) is 15.3. The number of aryl methyl sites for hydroxylation is 1. The highest BCUT2D eigenvalue weighted by molar-refractivity contribution is 5.83. The Morgan fingerprint density at radius 1 is 1.14 bits per heavy atom. The molecule has 4 rings (SSSR count). The first kappa shape index (κ1) is 18.2. The second-order valence-corrected chi connectivity index (χ2v) is 6.87. The van der Waals surface area contributed by atoms with E-state index in [0.29, 0.717) is 17.8 Å². The van der Waals surface area contributed by atoms with Gasteiger partial charge in [-0.1, -0.05) is 31.2 Å². The van der Waals surface area contributed by atoms with Crippen molar-refractivity contribution in [2.24, 2.45) is 7.05 Å². The van der Waals surface area contributed by atoms with Gasteiger partial charge in [0.1, 0.15) is 23.5 Å². The number of imidazole rings is 1. The van der Waals surface area contributed by atoms with Gasteiger partial charge >= 0.3 is 6.18 Å². The number of halogens is 3. The third-order valence-electron chi connectivity index (χ3n) is 4.84. The van der Waals surface area contributed by atoms with Gasteiger partial charge in [-0.15, -0.1) is 10.2 Å². The summed E-state index contributed by atoms with van der Waals surface area (Å²) in [5.41, 5.74) is 1.35. The third-order valence-corrected chi connectivity index (χ3v) is 4.84. The molecule has 0 radical (unpaired) electrons. The van der Waals surface area contributed by atoms with Crippen molar-refractivity contribution in [3.63, 3.8) is 0 Å². The van der Waals surface area contributed by atoms with Crippen molar-refractivity contribution in [2.75, 3.05) is 0 Å². The normalized spacial score (nSPS) is 13.2. The van der Waals surface area contributed by atoms with E-state index in [2.05, 4.69) is 27.1 Å². The molecule has 0 saturated heterocycles. The van der Waals surface area contributed by atoms with Crippen LogP contribution in [0.2, 0.25) is 0 Å². The van der Waals surface area contributed by atoms with Gasteiger partial charge in [-0.2, -0.15) is 13.2 Å². The summed E-state index contributed by atoms with van der Waals surface area (Å²) in [4.78, 5) is 7.25. The minimum atomic E-state index is -4.45. The maximum absolute atomic E-state index is 13.2. The molecule has 0 saturated carbocycles. The van der Waals surface area contributed by atoms with E-state index in [1.54, 1.807) is 12.4 Å². The van der Waals surface area contributed by atoms with E-state index < -0.39 is 11.7 Å². The summed E-state index contributed by atoms with van der Waals surface area (Å²) in [5.74, 6) is 1.45. The molecule has 1 atom stereocenters. The highest BCUT2D eigenvalue weighted by Gasteiger charge is 2.33. The van der Waals surface area contributed by atoms with E-state index in [9.17, 15) is 13.2 Å². The summed E-state index contributed by atoms with van der Waals surface area (Å²) in [7, 11) is 1.89. The van der Waals surface area contributed by atoms with Crippen molar-refractivity contribution in [3.05, 3.63) is 65.7 Å². The third kappa shape index (κ3) is 3.37. The number of fused-ring (bicyclic) bond motifs is 1. The maximum atomic E-state index is 13.2. The van der Waals surface area contributed by atoms with Gasteiger partial charge in [-0.05, 0) is 29.7 Å². The minimum Gasteiger partial charge on any atom is -0.338 e. The molecule has 1 N–H and O–H groups in total. The van der Waals surface area contributed by atoms with Gasteiger partial charge in [-0.3, -0.25) is 0 Å². The van der Waals surface area contributed by atoms with Crippen LogP contribution in [0.4, 0.5) is 13.2 Å². The number of hydrogen-bond acceptors (Lipinski definition) is 3. The zero-order valence-electron chi connectivity index (χ0n) is 15.3. The number of rotatable bonds is 4. The van der Waals surface area contributed by atoms with Crippen LogP contribution in [0.25, 0.3) is 22.4 Å². The molecule has 2 heterocycles.